The zero-order chi connectivity index (χ0) is 18.6. The number of methoxy groups -OCH3 is 1. The summed E-state index contributed by atoms with van der Waals surface area (Å²) in [5, 5.41) is 9.21. The number of nitrogens with zero attached hydrogens (tertiary/aromatic N) is 1. The summed E-state index contributed by atoms with van der Waals surface area (Å²) in [6.07, 6.45) is 1.59. The fraction of sp³-hybridized carbons (Fsp3) is 0.368. The Kier molecular flexibility index (Phi) is 11.2. The Morgan fingerprint density at radius 1 is 1.19 bits per heavy atom. The number of benzene rings is 1. The van der Waals surface area contributed by atoms with Gasteiger partial charge in [-0.2, -0.15) is 0 Å². The van der Waals surface area contributed by atoms with Crippen LogP contribution in [0, 0.1) is 0 Å². The number of nitrogens with one attached hydrogen (secondary N) is 3. The summed E-state index contributed by atoms with van der Waals surface area (Å²) in [6, 6.07) is 11.1. The first kappa shape index (κ1) is 23.0. The SMILES string of the molecule is CCNC(=NCc1cccc(C(=O)NCc2ccco2)c1)NCCOC.I. The first-order chi connectivity index (χ1) is 12.7. The highest BCUT2D eigenvalue weighted by atomic mass is 127. The number of hydrogen-bond acceptors (Lipinski definition) is 4. The molecule has 1 amide bonds. The van der Waals surface area contributed by atoms with Crippen molar-refractivity contribution >= 4 is 35.8 Å². The Morgan fingerprint density at radius 2 is 2.04 bits per heavy atom. The van der Waals surface area contributed by atoms with Gasteiger partial charge in [-0.25, -0.2) is 4.99 Å². The summed E-state index contributed by atoms with van der Waals surface area (Å²) in [7, 11) is 1.66. The van der Waals surface area contributed by atoms with E-state index in [2.05, 4.69) is 20.9 Å². The third kappa shape index (κ3) is 8.44. The molecule has 7 nitrogen and oxygen atoms in total. The number of aliphatic imine (C=N–C) groups is 1. The van der Waals surface area contributed by atoms with Crippen LogP contribution >= 0.6 is 24.0 Å². The van der Waals surface area contributed by atoms with Crippen molar-refractivity contribution in [3.05, 3.63) is 59.5 Å². The van der Waals surface area contributed by atoms with Crippen molar-refractivity contribution < 1.29 is 13.9 Å². The fourth-order valence-corrected chi connectivity index (χ4v) is 2.28. The molecule has 148 valence electrons. The largest absolute Gasteiger partial charge is 0.467 e. The normalized spacial score (nSPS) is 10.8. The van der Waals surface area contributed by atoms with Crippen molar-refractivity contribution in [1.82, 2.24) is 16.0 Å². The zero-order valence-corrected chi connectivity index (χ0v) is 18.0. The van der Waals surface area contributed by atoms with Gasteiger partial charge in [0.1, 0.15) is 5.76 Å². The molecule has 0 aliphatic rings. The predicted molar refractivity (Wildman–Crippen MR) is 116 cm³/mol. The highest BCUT2D eigenvalue weighted by molar-refractivity contribution is 14.0. The number of rotatable bonds is 9. The fourth-order valence-electron chi connectivity index (χ4n) is 2.28. The third-order valence-electron chi connectivity index (χ3n) is 3.56. The van der Waals surface area contributed by atoms with E-state index in [1.54, 1.807) is 25.5 Å². The molecule has 0 aliphatic heterocycles. The number of amides is 1. The average molecular weight is 486 g/mol. The Labute approximate surface area is 177 Å². The maximum absolute atomic E-state index is 12.3. The summed E-state index contributed by atoms with van der Waals surface area (Å²) < 4.78 is 10.2. The van der Waals surface area contributed by atoms with Gasteiger partial charge in [0.25, 0.3) is 5.91 Å². The molecule has 0 fully saturated rings. The summed E-state index contributed by atoms with van der Waals surface area (Å²) in [4.78, 5) is 16.8. The van der Waals surface area contributed by atoms with Crippen LogP contribution in [0.25, 0.3) is 0 Å². The second kappa shape index (κ2) is 13.2. The van der Waals surface area contributed by atoms with Crippen molar-refractivity contribution in [2.24, 2.45) is 4.99 Å². The lowest BCUT2D eigenvalue weighted by Gasteiger charge is -2.11. The minimum Gasteiger partial charge on any atom is -0.467 e. The van der Waals surface area contributed by atoms with Gasteiger partial charge in [0, 0.05) is 25.8 Å². The van der Waals surface area contributed by atoms with Crippen molar-refractivity contribution in [3.63, 3.8) is 0 Å². The van der Waals surface area contributed by atoms with Crippen LogP contribution in [0.1, 0.15) is 28.6 Å². The lowest BCUT2D eigenvalue weighted by Crippen LogP contribution is -2.38. The Morgan fingerprint density at radius 3 is 2.74 bits per heavy atom. The number of carbonyl (C=O) groups is 1. The first-order valence-electron chi connectivity index (χ1n) is 8.63. The third-order valence-corrected chi connectivity index (χ3v) is 3.56. The molecule has 2 rings (SSSR count). The van der Waals surface area contributed by atoms with E-state index >= 15 is 0 Å². The monoisotopic (exact) mass is 486 g/mol. The van der Waals surface area contributed by atoms with E-state index in [0.717, 1.165) is 23.8 Å². The summed E-state index contributed by atoms with van der Waals surface area (Å²) in [5.74, 6) is 1.30. The molecule has 0 atom stereocenters. The summed E-state index contributed by atoms with van der Waals surface area (Å²) in [6.45, 7) is 4.91. The molecular weight excluding hydrogens is 459 g/mol. The average Bonchev–Trinajstić information content (AvgIpc) is 3.18. The van der Waals surface area contributed by atoms with Crippen molar-refractivity contribution in [3.8, 4) is 0 Å². The van der Waals surface area contributed by atoms with Crippen LogP contribution in [0.5, 0.6) is 0 Å². The molecule has 1 aromatic heterocycles. The number of halogens is 1. The Hall–Kier alpha value is -2.07. The standard InChI is InChI=1S/C19H26N4O3.HI/c1-3-20-19(21-9-11-25-2)23-13-15-6-4-7-16(12-15)18(24)22-14-17-8-5-10-26-17;/h4-8,10,12H,3,9,11,13-14H2,1-2H3,(H,22,24)(H2,20,21,23);1H. The second-order valence-corrected chi connectivity index (χ2v) is 5.58. The number of guanidine groups is 1. The van der Waals surface area contributed by atoms with Gasteiger partial charge in [0.05, 0.1) is 26.0 Å². The van der Waals surface area contributed by atoms with Crippen LogP contribution in [0.3, 0.4) is 0 Å². The van der Waals surface area contributed by atoms with Gasteiger partial charge < -0.3 is 25.1 Å². The highest BCUT2D eigenvalue weighted by Gasteiger charge is 2.07. The summed E-state index contributed by atoms with van der Waals surface area (Å²) in [5.41, 5.74) is 1.56. The van der Waals surface area contributed by atoms with E-state index in [0.29, 0.717) is 31.8 Å². The van der Waals surface area contributed by atoms with E-state index in [-0.39, 0.29) is 29.9 Å². The predicted octanol–water partition coefficient (Wildman–Crippen LogP) is 2.53. The molecule has 0 saturated carbocycles. The minimum atomic E-state index is -0.141. The molecule has 2 aromatic rings. The van der Waals surface area contributed by atoms with Gasteiger partial charge in [-0.15, -0.1) is 24.0 Å². The van der Waals surface area contributed by atoms with Crippen molar-refractivity contribution in [1.29, 1.82) is 0 Å². The van der Waals surface area contributed by atoms with E-state index in [9.17, 15) is 4.79 Å². The van der Waals surface area contributed by atoms with Gasteiger partial charge in [-0.05, 0) is 36.8 Å². The van der Waals surface area contributed by atoms with Crippen LogP contribution in [-0.2, 0) is 17.8 Å². The van der Waals surface area contributed by atoms with Gasteiger partial charge in [0.2, 0.25) is 0 Å². The second-order valence-electron chi connectivity index (χ2n) is 5.58. The summed E-state index contributed by atoms with van der Waals surface area (Å²) >= 11 is 0. The number of furan rings is 1. The van der Waals surface area contributed by atoms with E-state index < -0.39 is 0 Å². The molecule has 0 unspecified atom stereocenters. The number of ether oxygens (including phenoxy) is 1. The molecular formula is C19H27IN4O3. The zero-order valence-electron chi connectivity index (χ0n) is 15.7. The topological polar surface area (TPSA) is 87.9 Å². The molecule has 1 aromatic carbocycles. The lowest BCUT2D eigenvalue weighted by atomic mass is 10.1. The molecule has 27 heavy (non-hydrogen) atoms. The van der Waals surface area contributed by atoms with E-state index in [1.165, 1.54) is 0 Å². The molecule has 0 spiro atoms. The van der Waals surface area contributed by atoms with Gasteiger partial charge in [-0.1, -0.05) is 12.1 Å². The molecule has 8 heteroatoms. The lowest BCUT2D eigenvalue weighted by molar-refractivity contribution is 0.0948. The first-order valence-corrected chi connectivity index (χ1v) is 8.63. The van der Waals surface area contributed by atoms with Crippen LogP contribution < -0.4 is 16.0 Å². The van der Waals surface area contributed by atoms with Crippen LogP contribution in [0.4, 0.5) is 0 Å². The quantitative estimate of drug-likeness (QED) is 0.220. The van der Waals surface area contributed by atoms with Gasteiger partial charge >= 0.3 is 0 Å². The van der Waals surface area contributed by atoms with E-state index in [4.69, 9.17) is 9.15 Å². The number of hydrogen-bond donors (Lipinski definition) is 3. The Bertz CT molecular complexity index is 705. The number of carbonyl (C=O) groups excluding carboxylic acids is 1. The molecule has 3 N–H and O–H groups in total. The molecule has 0 aliphatic carbocycles. The molecule has 0 bridgehead atoms. The van der Waals surface area contributed by atoms with Crippen molar-refractivity contribution in [2.75, 3.05) is 26.8 Å². The Balaban J connectivity index is 0.00000364. The molecule has 0 radical (unpaired) electrons. The van der Waals surface area contributed by atoms with Gasteiger partial charge in [0.15, 0.2) is 5.96 Å². The molecule has 1 heterocycles. The minimum absolute atomic E-state index is 0. The molecule has 0 saturated heterocycles. The van der Waals surface area contributed by atoms with Gasteiger partial charge in [-0.3, -0.25) is 4.79 Å². The maximum atomic E-state index is 12.3. The highest BCUT2D eigenvalue weighted by Crippen LogP contribution is 2.07. The smallest absolute Gasteiger partial charge is 0.251 e. The maximum Gasteiger partial charge on any atom is 0.251 e. The van der Waals surface area contributed by atoms with Crippen LogP contribution in [-0.4, -0.2) is 38.7 Å². The van der Waals surface area contributed by atoms with Crippen LogP contribution in [0.15, 0.2) is 52.1 Å². The van der Waals surface area contributed by atoms with E-state index in [1.807, 2.05) is 31.2 Å². The van der Waals surface area contributed by atoms with Crippen molar-refractivity contribution in [2.45, 2.75) is 20.0 Å². The van der Waals surface area contributed by atoms with Crippen LogP contribution in [0.2, 0.25) is 0 Å².